The third-order valence-corrected chi connectivity index (χ3v) is 2.59. The van der Waals surface area contributed by atoms with Crippen LogP contribution in [0.25, 0.3) is 5.82 Å². The first kappa shape index (κ1) is 11.5. The summed E-state index contributed by atoms with van der Waals surface area (Å²) in [5, 5.41) is 4.42. The van der Waals surface area contributed by atoms with Crippen molar-refractivity contribution in [3.63, 3.8) is 0 Å². The minimum atomic E-state index is 0.0323. The molecule has 4 heteroatoms. The molecule has 0 N–H and O–H groups in total. The molecular formula is C13H15N3O. The van der Waals surface area contributed by atoms with E-state index in [9.17, 15) is 4.79 Å². The normalized spacial score (nSPS) is 10.8. The number of hydrogen-bond acceptors (Lipinski definition) is 3. The summed E-state index contributed by atoms with van der Waals surface area (Å²) in [6.07, 6.45) is 3.49. The predicted octanol–water partition coefficient (Wildman–Crippen LogP) is 2.59. The molecule has 17 heavy (non-hydrogen) atoms. The van der Waals surface area contributed by atoms with Crippen molar-refractivity contribution >= 4 is 5.78 Å². The summed E-state index contributed by atoms with van der Waals surface area (Å²) in [5.74, 6) is 1.08. The topological polar surface area (TPSA) is 47.8 Å². The molecule has 0 aliphatic heterocycles. The average Bonchev–Trinajstić information content (AvgIpc) is 2.78. The van der Waals surface area contributed by atoms with Gasteiger partial charge in [0.2, 0.25) is 0 Å². The lowest BCUT2D eigenvalue weighted by Gasteiger charge is -2.02. The zero-order valence-electron chi connectivity index (χ0n) is 10.2. The summed E-state index contributed by atoms with van der Waals surface area (Å²) >= 11 is 0. The van der Waals surface area contributed by atoms with Crippen molar-refractivity contribution in [1.29, 1.82) is 0 Å². The summed E-state index contributed by atoms with van der Waals surface area (Å²) < 4.78 is 1.70. The van der Waals surface area contributed by atoms with Crippen molar-refractivity contribution in [2.45, 2.75) is 26.7 Å². The Morgan fingerprint density at radius 3 is 2.71 bits per heavy atom. The molecule has 0 atom stereocenters. The monoisotopic (exact) mass is 229 g/mol. The fourth-order valence-corrected chi connectivity index (χ4v) is 1.54. The molecule has 0 fully saturated rings. The lowest BCUT2D eigenvalue weighted by molar-refractivity contribution is 0.101. The maximum Gasteiger partial charge on any atom is 0.159 e. The Bertz CT molecular complexity index is 543. The molecule has 2 rings (SSSR count). The van der Waals surface area contributed by atoms with E-state index in [4.69, 9.17) is 0 Å². The largest absolute Gasteiger partial charge is 0.295 e. The zero-order valence-corrected chi connectivity index (χ0v) is 10.2. The van der Waals surface area contributed by atoms with Crippen molar-refractivity contribution < 1.29 is 4.79 Å². The molecule has 2 heterocycles. The molecule has 2 aromatic rings. The highest BCUT2D eigenvalue weighted by Gasteiger charge is 2.07. The molecule has 2 aromatic heterocycles. The van der Waals surface area contributed by atoms with Crippen LogP contribution < -0.4 is 0 Å². The highest BCUT2D eigenvalue weighted by atomic mass is 16.1. The van der Waals surface area contributed by atoms with Gasteiger partial charge in [-0.3, -0.25) is 4.79 Å². The molecule has 88 valence electrons. The molecule has 0 amide bonds. The Kier molecular flexibility index (Phi) is 3.04. The van der Waals surface area contributed by atoms with E-state index in [0.717, 1.165) is 5.69 Å². The quantitative estimate of drug-likeness (QED) is 0.760. The van der Waals surface area contributed by atoms with Crippen LogP contribution >= 0.6 is 0 Å². The number of pyridine rings is 1. The van der Waals surface area contributed by atoms with Crippen molar-refractivity contribution in [2.24, 2.45) is 0 Å². The number of Topliss-reactive ketones (excluding diaryl/α,β-unsaturated/α-hetero) is 1. The molecule has 0 spiro atoms. The van der Waals surface area contributed by atoms with Crippen LogP contribution in [0.15, 0.2) is 30.6 Å². The fraction of sp³-hybridized carbons (Fsp3) is 0.308. The van der Waals surface area contributed by atoms with Gasteiger partial charge >= 0.3 is 0 Å². The van der Waals surface area contributed by atoms with Crippen LogP contribution in [0.5, 0.6) is 0 Å². The first-order valence-electron chi connectivity index (χ1n) is 5.61. The van der Waals surface area contributed by atoms with Crippen LogP contribution in [0.2, 0.25) is 0 Å². The molecule has 0 radical (unpaired) electrons. The van der Waals surface area contributed by atoms with E-state index in [-0.39, 0.29) is 5.78 Å². The fourth-order valence-electron chi connectivity index (χ4n) is 1.54. The third kappa shape index (κ3) is 2.41. The molecule has 0 bridgehead atoms. The van der Waals surface area contributed by atoms with Gasteiger partial charge in [-0.15, -0.1) is 0 Å². The Morgan fingerprint density at radius 1 is 1.35 bits per heavy atom. The molecule has 4 nitrogen and oxygen atoms in total. The number of carbonyl (C=O) groups is 1. The number of aromatic nitrogens is 3. The summed E-state index contributed by atoms with van der Waals surface area (Å²) in [6, 6.07) is 5.42. The molecule has 0 unspecified atom stereocenters. The van der Waals surface area contributed by atoms with Gasteiger partial charge in [-0.1, -0.05) is 13.8 Å². The van der Waals surface area contributed by atoms with E-state index in [1.54, 1.807) is 29.9 Å². The van der Waals surface area contributed by atoms with Gasteiger partial charge in [0.15, 0.2) is 11.6 Å². The number of carbonyl (C=O) groups excluding carboxylic acids is 1. The first-order chi connectivity index (χ1) is 8.08. The Hall–Kier alpha value is -1.97. The van der Waals surface area contributed by atoms with Crippen LogP contribution in [-0.2, 0) is 0 Å². The van der Waals surface area contributed by atoms with E-state index < -0.39 is 0 Å². The van der Waals surface area contributed by atoms with Gasteiger partial charge in [-0.05, 0) is 31.0 Å². The van der Waals surface area contributed by atoms with Gasteiger partial charge in [0, 0.05) is 18.0 Å². The van der Waals surface area contributed by atoms with Gasteiger partial charge in [-0.25, -0.2) is 9.67 Å². The highest BCUT2D eigenvalue weighted by molar-refractivity contribution is 5.94. The van der Waals surface area contributed by atoms with Crippen LogP contribution in [0.4, 0.5) is 0 Å². The van der Waals surface area contributed by atoms with Crippen LogP contribution in [0, 0.1) is 0 Å². The van der Waals surface area contributed by atoms with E-state index in [1.807, 2.05) is 12.3 Å². The van der Waals surface area contributed by atoms with Crippen LogP contribution in [-0.4, -0.2) is 20.5 Å². The second-order valence-electron chi connectivity index (χ2n) is 4.30. The second kappa shape index (κ2) is 4.49. The summed E-state index contributed by atoms with van der Waals surface area (Å²) in [7, 11) is 0. The van der Waals surface area contributed by atoms with Gasteiger partial charge in [-0.2, -0.15) is 5.10 Å². The van der Waals surface area contributed by atoms with Crippen molar-refractivity contribution in [2.75, 3.05) is 0 Å². The smallest absolute Gasteiger partial charge is 0.159 e. The number of ketones is 1. The van der Waals surface area contributed by atoms with Crippen molar-refractivity contribution in [3.05, 3.63) is 41.9 Å². The van der Waals surface area contributed by atoms with Crippen molar-refractivity contribution in [1.82, 2.24) is 14.8 Å². The number of hydrogen-bond donors (Lipinski definition) is 0. The second-order valence-corrected chi connectivity index (χ2v) is 4.30. The zero-order chi connectivity index (χ0) is 12.4. The lowest BCUT2D eigenvalue weighted by Crippen LogP contribution is -2.02. The first-order valence-corrected chi connectivity index (χ1v) is 5.61. The lowest BCUT2D eigenvalue weighted by atomic mass is 10.1. The summed E-state index contributed by atoms with van der Waals surface area (Å²) in [5.41, 5.74) is 1.66. The third-order valence-electron chi connectivity index (χ3n) is 2.59. The maximum atomic E-state index is 11.3. The Balaban J connectivity index is 2.38. The SMILES string of the molecule is CC(=O)c1ccnc(-n2ccc(C(C)C)n2)c1. The van der Waals surface area contributed by atoms with Gasteiger partial charge in [0.1, 0.15) is 0 Å². The highest BCUT2D eigenvalue weighted by Crippen LogP contribution is 2.13. The Morgan fingerprint density at radius 2 is 2.12 bits per heavy atom. The van der Waals surface area contributed by atoms with E-state index in [2.05, 4.69) is 23.9 Å². The minimum Gasteiger partial charge on any atom is -0.295 e. The number of nitrogens with zero attached hydrogens (tertiary/aromatic N) is 3. The molecule has 0 saturated carbocycles. The van der Waals surface area contributed by atoms with Gasteiger partial charge in [0.25, 0.3) is 0 Å². The number of rotatable bonds is 3. The summed E-state index contributed by atoms with van der Waals surface area (Å²) in [4.78, 5) is 15.5. The van der Waals surface area contributed by atoms with Crippen LogP contribution in [0.3, 0.4) is 0 Å². The maximum absolute atomic E-state index is 11.3. The molecule has 0 aliphatic carbocycles. The van der Waals surface area contributed by atoms with Gasteiger partial charge in [0.05, 0.1) is 5.69 Å². The molecule has 0 saturated heterocycles. The van der Waals surface area contributed by atoms with Crippen LogP contribution in [0.1, 0.15) is 42.7 Å². The van der Waals surface area contributed by atoms with Gasteiger partial charge < -0.3 is 0 Å². The Labute approximate surface area is 100 Å². The van der Waals surface area contributed by atoms with Crippen molar-refractivity contribution in [3.8, 4) is 5.82 Å². The standard InChI is InChI=1S/C13H15N3O/c1-9(2)12-5-7-16(15-12)13-8-11(10(3)17)4-6-14-13/h4-9H,1-3H3. The van der Waals surface area contributed by atoms with E-state index >= 15 is 0 Å². The average molecular weight is 229 g/mol. The predicted molar refractivity (Wildman–Crippen MR) is 65.5 cm³/mol. The molecule has 0 aromatic carbocycles. The minimum absolute atomic E-state index is 0.0323. The van der Waals surface area contributed by atoms with E-state index in [1.165, 1.54) is 0 Å². The molecular weight excluding hydrogens is 214 g/mol. The summed E-state index contributed by atoms with van der Waals surface area (Å²) in [6.45, 7) is 5.72. The van der Waals surface area contributed by atoms with E-state index in [0.29, 0.717) is 17.3 Å². The molecule has 0 aliphatic rings.